The summed E-state index contributed by atoms with van der Waals surface area (Å²) in [6.45, 7) is 2.27. The largest absolute Gasteiger partial charge is 0.0763 e. The Morgan fingerprint density at radius 2 is 1.81 bits per heavy atom. The van der Waals surface area contributed by atoms with Gasteiger partial charge in [0.25, 0.3) is 0 Å². The summed E-state index contributed by atoms with van der Waals surface area (Å²) in [6, 6.07) is 15.3. The van der Waals surface area contributed by atoms with Crippen LogP contribution in [0.25, 0.3) is 12.2 Å². The molecule has 0 saturated heterocycles. The molecule has 0 bridgehead atoms. The van der Waals surface area contributed by atoms with Gasteiger partial charge in [0.1, 0.15) is 0 Å². The quantitative estimate of drug-likeness (QED) is 0.616. The van der Waals surface area contributed by atoms with E-state index in [1.54, 1.807) is 0 Å². The molecule has 0 fully saturated rings. The van der Waals surface area contributed by atoms with Gasteiger partial charge in [0.15, 0.2) is 0 Å². The first-order valence-electron chi connectivity index (χ1n) is 7.48. The molecule has 2 unspecified atom stereocenters. The summed E-state index contributed by atoms with van der Waals surface area (Å²) >= 11 is 3.68. The van der Waals surface area contributed by atoms with Gasteiger partial charge in [0.05, 0.1) is 0 Å². The molecule has 0 heterocycles. The van der Waals surface area contributed by atoms with Crippen molar-refractivity contribution >= 4 is 28.1 Å². The van der Waals surface area contributed by atoms with Gasteiger partial charge in [-0.1, -0.05) is 76.1 Å². The van der Waals surface area contributed by atoms with Gasteiger partial charge in [-0.25, -0.2) is 0 Å². The topological polar surface area (TPSA) is 0 Å². The average Bonchev–Trinajstić information content (AvgIpc) is 3.04. The van der Waals surface area contributed by atoms with E-state index < -0.39 is 0 Å². The molecule has 0 spiro atoms. The van der Waals surface area contributed by atoms with E-state index in [2.05, 4.69) is 83.5 Å². The Bertz CT molecular complexity index is 767. The molecule has 104 valence electrons. The van der Waals surface area contributed by atoms with Gasteiger partial charge in [-0.05, 0) is 41.7 Å². The van der Waals surface area contributed by atoms with Crippen molar-refractivity contribution < 1.29 is 0 Å². The number of allylic oxidation sites excluding steroid dienone is 2. The molecule has 2 aromatic carbocycles. The third-order valence-electron chi connectivity index (χ3n) is 4.78. The highest BCUT2D eigenvalue weighted by Crippen LogP contribution is 2.46. The fourth-order valence-electron chi connectivity index (χ4n) is 3.68. The van der Waals surface area contributed by atoms with Crippen LogP contribution in [-0.2, 0) is 0 Å². The van der Waals surface area contributed by atoms with E-state index in [4.69, 9.17) is 0 Å². The summed E-state index contributed by atoms with van der Waals surface area (Å²) in [5.74, 6) is 1.08. The Morgan fingerprint density at radius 3 is 2.71 bits per heavy atom. The third kappa shape index (κ3) is 2.11. The molecule has 0 N–H and O–H groups in total. The Balaban J connectivity index is 1.67. The van der Waals surface area contributed by atoms with E-state index in [0.29, 0.717) is 11.8 Å². The smallest absolute Gasteiger partial charge is 0.0250 e. The molecule has 2 aliphatic rings. The van der Waals surface area contributed by atoms with Crippen LogP contribution in [-0.4, -0.2) is 0 Å². The van der Waals surface area contributed by atoms with Gasteiger partial charge in [0, 0.05) is 16.3 Å². The Labute approximate surface area is 134 Å². The molecule has 2 atom stereocenters. The number of halogens is 1. The SMILES string of the molecule is CC1=Cc2c(Br)cccc2C1CC1C=Cc2ccccc21. The number of hydrogen-bond acceptors (Lipinski definition) is 0. The summed E-state index contributed by atoms with van der Waals surface area (Å²) in [5, 5.41) is 0. The predicted molar refractivity (Wildman–Crippen MR) is 93.4 cm³/mol. The van der Waals surface area contributed by atoms with Gasteiger partial charge >= 0.3 is 0 Å². The second-order valence-electron chi connectivity index (χ2n) is 6.01. The maximum Gasteiger partial charge on any atom is 0.0250 e. The zero-order valence-electron chi connectivity index (χ0n) is 12.0. The van der Waals surface area contributed by atoms with Gasteiger partial charge in [0.2, 0.25) is 0 Å². The van der Waals surface area contributed by atoms with Gasteiger partial charge in [-0.15, -0.1) is 0 Å². The van der Waals surface area contributed by atoms with Crippen molar-refractivity contribution in [3.8, 4) is 0 Å². The lowest BCUT2D eigenvalue weighted by Crippen LogP contribution is -2.03. The minimum absolute atomic E-state index is 0.540. The molecule has 2 aromatic rings. The van der Waals surface area contributed by atoms with Crippen LogP contribution in [0.1, 0.15) is 47.4 Å². The molecule has 0 saturated carbocycles. The molecule has 1 heteroatoms. The fraction of sp³-hybridized carbons (Fsp3) is 0.200. The summed E-state index contributed by atoms with van der Waals surface area (Å²) in [4.78, 5) is 0. The molecule has 0 nitrogen and oxygen atoms in total. The summed E-state index contributed by atoms with van der Waals surface area (Å²) in [7, 11) is 0. The Hall–Kier alpha value is -1.60. The van der Waals surface area contributed by atoms with Crippen molar-refractivity contribution in [1.29, 1.82) is 0 Å². The lowest BCUT2D eigenvalue weighted by atomic mass is 9.84. The van der Waals surface area contributed by atoms with Crippen LogP contribution < -0.4 is 0 Å². The number of fused-ring (bicyclic) bond motifs is 2. The van der Waals surface area contributed by atoms with E-state index in [1.807, 2.05) is 0 Å². The minimum atomic E-state index is 0.540. The van der Waals surface area contributed by atoms with Crippen LogP contribution in [0.3, 0.4) is 0 Å². The van der Waals surface area contributed by atoms with Crippen molar-refractivity contribution in [2.75, 3.05) is 0 Å². The van der Waals surface area contributed by atoms with Gasteiger partial charge < -0.3 is 0 Å². The monoisotopic (exact) mass is 336 g/mol. The average molecular weight is 337 g/mol. The van der Waals surface area contributed by atoms with E-state index >= 15 is 0 Å². The molecule has 4 rings (SSSR count). The molecule has 0 amide bonds. The fourth-order valence-corrected chi connectivity index (χ4v) is 4.18. The summed E-state index contributed by atoms with van der Waals surface area (Å²) in [6.07, 6.45) is 8.15. The van der Waals surface area contributed by atoms with Crippen LogP contribution in [0.15, 0.2) is 58.6 Å². The van der Waals surface area contributed by atoms with E-state index in [9.17, 15) is 0 Å². The molecule has 0 aliphatic heterocycles. The maximum absolute atomic E-state index is 3.68. The van der Waals surface area contributed by atoms with Gasteiger partial charge in [-0.3, -0.25) is 0 Å². The normalized spacial score (nSPS) is 22.1. The van der Waals surface area contributed by atoms with Crippen LogP contribution >= 0.6 is 15.9 Å². The number of hydrogen-bond donors (Lipinski definition) is 0. The second kappa shape index (κ2) is 4.99. The third-order valence-corrected chi connectivity index (χ3v) is 5.47. The lowest BCUT2D eigenvalue weighted by molar-refractivity contribution is 0.663. The van der Waals surface area contributed by atoms with E-state index in [-0.39, 0.29) is 0 Å². The first-order chi connectivity index (χ1) is 10.2. The summed E-state index contributed by atoms with van der Waals surface area (Å²) in [5.41, 5.74) is 7.19. The van der Waals surface area contributed by atoms with E-state index in [1.165, 1.54) is 38.7 Å². The molecule has 2 aliphatic carbocycles. The van der Waals surface area contributed by atoms with Crippen LogP contribution in [0, 0.1) is 0 Å². The molecular weight excluding hydrogens is 320 g/mol. The van der Waals surface area contributed by atoms with Crippen molar-refractivity contribution in [2.45, 2.75) is 25.2 Å². The standard InChI is InChI=1S/C20H17Br/c1-13-11-19-17(7-4-8-20(19)21)18(13)12-15-10-9-14-5-2-3-6-16(14)15/h2-11,15,18H,12H2,1H3. The van der Waals surface area contributed by atoms with Gasteiger partial charge in [-0.2, -0.15) is 0 Å². The van der Waals surface area contributed by atoms with Crippen LogP contribution in [0.2, 0.25) is 0 Å². The molecular formula is C20H17Br. The zero-order chi connectivity index (χ0) is 14.4. The van der Waals surface area contributed by atoms with Crippen LogP contribution in [0.4, 0.5) is 0 Å². The molecule has 0 aromatic heterocycles. The van der Waals surface area contributed by atoms with E-state index in [0.717, 1.165) is 0 Å². The Kier molecular flexibility index (Phi) is 3.11. The van der Waals surface area contributed by atoms with Crippen molar-refractivity contribution in [1.82, 2.24) is 0 Å². The first-order valence-corrected chi connectivity index (χ1v) is 8.27. The first kappa shape index (κ1) is 13.1. The predicted octanol–water partition coefficient (Wildman–Crippen LogP) is 6.15. The summed E-state index contributed by atoms with van der Waals surface area (Å²) < 4.78 is 1.21. The molecule has 0 radical (unpaired) electrons. The Morgan fingerprint density at radius 1 is 1.00 bits per heavy atom. The minimum Gasteiger partial charge on any atom is -0.0763 e. The highest BCUT2D eigenvalue weighted by Gasteiger charge is 2.28. The van der Waals surface area contributed by atoms with Crippen molar-refractivity contribution in [3.05, 3.63) is 80.8 Å². The van der Waals surface area contributed by atoms with Crippen molar-refractivity contribution in [3.63, 3.8) is 0 Å². The lowest BCUT2D eigenvalue weighted by Gasteiger charge is -2.19. The highest BCUT2D eigenvalue weighted by molar-refractivity contribution is 9.10. The zero-order valence-corrected chi connectivity index (χ0v) is 13.6. The number of rotatable bonds is 2. The molecule has 21 heavy (non-hydrogen) atoms. The van der Waals surface area contributed by atoms with Crippen molar-refractivity contribution in [2.24, 2.45) is 0 Å². The second-order valence-corrected chi connectivity index (χ2v) is 6.87. The maximum atomic E-state index is 3.68. The number of benzene rings is 2. The van der Waals surface area contributed by atoms with Crippen LogP contribution in [0.5, 0.6) is 0 Å². The highest BCUT2D eigenvalue weighted by atomic mass is 79.9.